The second-order valence-corrected chi connectivity index (χ2v) is 2.45. The Hall–Kier alpha value is -0.900. The van der Waals surface area contributed by atoms with Gasteiger partial charge in [0.15, 0.2) is 0 Å². The van der Waals surface area contributed by atoms with Crippen LogP contribution in [0.2, 0.25) is 0 Å². The normalized spacial score (nSPS) is 30.5. The molecular weight excluding hydrogens is 134 g/mol. The van der Waals surface area contributed by atoms with E-state index in [0.29, 0.717) is 12.8 Å². The fourth-order valence-electron chi connectivity index (χ4n) is 0.941. The van der Waals surface area contributed by atoms with Crippen LogP contribution in [0.3, 0.4) is 0 Å². The van der Waals surface area contributed by atoms with Crippen molar-refractivity contribution >= 4 is 12.2 Å². The van der Waals surface area contributed by atoms with Gasteiger partial charge in [0, 0.05) is 6.04 Å². The first kappa shape index (κ1) is 7.21. The molecule has 0 spiro atoms. The first-order valence-corrected chi connectivity index (χ1v) is 3.16. The van der Waals surface area contributed by atoms with E-state index in [9.17, 15) is 9.59 Å². The Labute approximate surface area is 58.2 Å². The van der Waals surface area contributed by atoms with Gasteiger partial charge in [0.1, 0.15) is 0 Å². The number of amides is 1. The fourth-order valence-corrected chi connectivity index (χ4v) is 0.941. The van der Waals surface area contributed by atoms with Crippen molar-refractivity contribution in [1.29, 1.82) is 0 Å². The molecule has 56 valence electrons. The van der Waals surface area contributed by atoms with Crippen molar-refractivity contribution < 1.29 is 14.7 Å². The summed E-state index contributed by atoms with van der Waals surface area (Å²) in [4.78, 5) is 20.1. The van der Waals surface area contributed by atoms with Crippen LogP contribution in [-0.4, -0.2) is 29.4 Å². The molecule has 1 aliphatic rings. The summed E-state index contributed by atoms with van der Waals surface area (Å²) in [5.74, 6) is -0.600. The predicted octanol–water partition coefficient (Wildman–Crippen LogP) is -1.18. The minimum Gasteiger partial charge on any atom is -0.393 e. The molecule has 1 rings (SSSR count). The number of aliphatic hydroxyl groups excluding tert-OH is 1. The van der Waals surface area contributed by atoms with E-state index in [2.05, 4.69) is 5.32 Å². The fraction of sp³-hybridized carbons (Fsp3) is 0.667. The first-order valence-electron chi connectivity index (χ1n) is 3.16. The van der Waals surface area contributed by atoms with E-state index < -0.39 is 5.91 Å². The molecule has 0 bridgehead atoms. The highest BCUT2D eigenvalue weighted by atomic mass is 16.3. The topological polar surface area (TPSA) is 66.4 Å². The zero-order chi connectivity index (χ0) is 7.56. The molecule has 0 unspecified atom stereocenters. The molecule has 4 nitrogen and oxygen atoms in total. The van der Waals surface area contributed by atoms with E-state index in [1.807, 2.05) is 0 Å². The minimum atomic E-state index is -0.600. The zero-order valence-electron chi connectivity index (χ0n) is 5.41. The van der Waals surface area contributed by atoms with E-state index >= 15 is 0 Å². The zero-order valence-corrected chi connectivity index (χ0v) is 5.41. The molecule has 0 aromatic carbocycles. The molecule has 0 atom stereocenters. The lowest BCUT2D eigenvalue weighted by Crippen LogP contribution is -2.47. The third-order valence-corrected chi connectivity index (χ3v) is 1.57. The van der Waals surface area contributed by atoms with Crippen molar-refractivity contribution in [2.24, 2.45) is 0 Å². The van der Waals surface area contributed by atoms with E-state index in [0.717, 1.165) is 0 Å². The summed E-state index contributed by atoms with van der Waals surface area (Å²) in [6, 6.07) is 0.00713. The molecule has 0 aromatic heterocycles. The van der Waals surface area contributed by atoms with Crippen LogP contribution in [0.1, 0.15) is 12.8 Å². The maximum absolute atomic E-state index is 10.4. The molecule has 1 fully saturated rings. The van der Waals surface area contributed by atoms with Crippen molar-refractivity contribution in [3.05, 3.63) is 0 Å². The van der Waals surface area contributed by atoms with Gasteiger partial charge in [0.2, 0.25) is 6.29 Å². The van der Waals surface area contributed by atoms with Crippen molar-refractivity contribution in [3.63, 3.8) is 0 Å². The predicted molar refractivity (Wildman–Crippen MR) is 33.2 cm³/mol. The average molecular weight is 143 g/mol. The Morgan fingerprint density at radius 1 is 1.60 bits per heavy atom. The molecule has 1 amide bonds. The number of hydrogen-bond donors (Lipinski definition) is 2. The molecule has 2 N–H and O–H groups in total. The Morgan fingerprint density at radius 3 is 2.60 bits per heavy atom. The van der Waals surface area contributed by atoms with E-state index in [1.165, 1.54) is 0 Å². The summed E-state index contributed by atoms with van der Waals surface area (Å²) in [5.41, 5.74) is 0. The molecule has 10 heavy (non-hydrogen) atoms. The molecule has 0 aliphatic heterocycles. The summed E-state index contributed by atoms with van der Waals surface area (Å²) in [7, 11) is 0. The molecular formula is C6H9NO3. The first-order chi connectivity index (χ1) is 4.72. The number of hydrogen-bond acceptors (Lipinski definition) is 3. The summed E-state index contributed by atoms with van der Waals surface area (Å²) < 4.78 is 0. The van der Waals surface area contributed by atoms with Crippen LogP contribution in [0, 0.1) is 0 Å². The number of aldehydes is 1. The summed E-state index contributed by atoms with van der Waals surface area (Å²) >= 11 is 0. The van der Waals surface area contributed by atoms with Gasteiger partial charge >= 0.3 is 0 Å². The van der Waals surface area contributed by atoms with Gasteiger partial charge < -0.3 is 10.4 Å². The van der Waals surface area contributed by atoms with Crippen LogP contribution >= 0.6 is 0 Å². The highest BCUT2D eigenvalue weighted by Crippen LogP contribution is 2.18. The summed E-state index contributed by atoms with van der Waals surface area (Å²) in [6.45, 7) is 0. The molecule has 1 saturated carbocycles. The molecule has 4 heteroatoms. The number of aliphatic hydroxyl groups is 1. The number of carbonyl (C=O) groups is 2. The summed E-state index contributed by atoms with van der Waals surface area (Å²) in [5, 5.41) is 11.2. The van der Waals surface area contributed by atoms with Gasteiger partial charge in [-0.25, -0.2) is 0 Å². The third-order valence-electron chi connectivity index (χ3n) is 1.57. The Bertz CT molecular complexity index is 151. The van der Waals surface area contributed by atoms with Crippen molar-refractivity contribution in [2.45, 2.75) is 25.0 Å². The van der Waals surface area contributed by atoms with Gasteiger partial charge in [-0.2, -0.15) is 0 Å². The van der Waals surface area contributed by atoms with Crippen LogP contribution < -0.4 is 5.32 Å². The lowest BCUT2D eigenvalue weighted by atomic mass is 9.89. The summed E-state index contributed by atoms with van der Waals surface area (Å²) in [6.07, 6.45) is 1.08. The second kappa shape index (κ2) is 2.79. The monoisotopic (exact) mass is 143 g/mol. The number of carbonyl (C=O) groups excluding carboxylic acids is 2. The molecule has 0 radical (unpaired) electrons. The number of rotatable bonds is 2. The Kier molecular flexibility index (Phi) is 2.01. The maximum atomic E-state index is 10.4. The minimum absolute atomic E-state index is 0.00713. The Balaban J connectivity index is 2.16. The highest BCUT2D eigenvalue weighted by Gasteiger charge is 2.27. The van der Waals surface area contributed by atoms with Crippen LogP contribution in [0.4, 0.5) is 0 Å². The lowest BCUT2D eigenvalue weighted by molar-refractivity contribution is -0.132. The van der Waals surface area contributed by atoms with Gasteiger partial charge in [-0.05, 0) is 12.8 Å². The van der Waals surface area contributed by atoms with Crippen LogP contribution in [0.5, 0.6) is 0 Å². The van der Waals surface area contributed by atoms with Gasteiger partial charge in [-0.15, -0.1) is 0 Å². The van der Waals surface area contributed by atoms with Crippen LogP contribution in [0.15, 0.2) is 0 Å². The van der Waals surface area contributed by atoms with Gasteiger partial charge in [-0.3, -0.25) is 9.59 Å². The van der Waals surface area contributed by atoms with Crippen LogP contribution in [0.25, 0.3) is 0 Å². The van der Waals surface area contributed by atoms with Crippen molar-refractivity contribution in [2.75, 3.05) is 0 Å². The Morgan fingerprint density at radius 2 is 2.20 bits per heavy atom. The van der Waals surface area contributed by atoms with E-state index in [1.54, 1.807) is 0 Å². The molecule has 1 aliphatic carbocycles. The van der Waals surface area contributed by atoms with Crippen LogP contribution in [-0.2, 0) is 9.59 Å². The van der Waals surface area contributed by atoms with Gasteiger partial charge in [0.05, 0.1) is 6.10 Å². The lowest BCUT2D eigenvalue weighted by Gasteiger charge is -2.31. The number of nitrogens with one attached hydrogen (secondary N) is 1. The maximum Gasteiger partial charge on any atom is 0.284 e. The average Bonchev–Trinajstić information content (AvgIpc) is 1.84. The molecule has 0 aromatic rings. The van der Waals surface area contributed by atoms with Gasteiger partial charge in [-0.1, -0.05) is 0 Å². The third kappa shape index (κ3) is 1.54. The second-order valence-electron chi connectivity index (χ2n) is 2.45. The molecule has 0 saturated heterocycles. The van der Waals surface area contributed by atoms with Crippen molar-refractivity contribution in [1.82, 2.24) is 5.32 Å². The van der Waals surface area contributed by atoms with E-state index in [-0.39, 0.29) is 18.4 Å². The standard InChI is InChI=1S/C6H9NO3/c8-3-6(10)7-4-1-5(9)2-4/h3-5,9H,1-2H2,(H,7,10)/t4-,5+. The van der Waals surface area contributed by atoms with Crippen molar-refractivity contribution in [3.8, 4) is 0 Å². The smallest absolute Gasteiger partial charge is 0.284 e. The van der Waals surface area contributed by atoms with Gasteiger partial charge in [0.25, 0.3) is 5.91 Å². The van der Waals surface area contributed by atoms with E-state index in [4.69, 9.17) is 5.11 Å². The largest absolute Gasteiger partial charge is 0.393 e. The quantitative estimate of drug-likeness (QED) is 0.378. The highest BCUT2D eigenvalue weighted by molar-refractivity contribution is 6.23. The SMILES string of the molecule is O=CC(=O)N[C@H]1C[C@@H](O)C1. The molecule has 0 heterocycles.